The standard InChI is InChI=1S/C14H12ClFN2OS/c15-12-7-11(5-6-13(12)17)20-8-14(19)18-10-3-1-9(16)2-4-10/h1-7H,8,17H2,(H,18,19). The van der Waals surface area contributed by atoms with Gasteiger partial charge in [0.05, 0.1) is 16.5 Å². The zero-order chi connectivity index (χ0) is 14.5. The molecule has 0 aromatic heterocycles. The zero-order valence-corrected chi connectivity index (χ0v) is 12.0. The highest BCUT2D eigenvalue weighted by atomic mass is 35.5. The quantitative estimate of drug-likeness (QED) is 0.667. The van der Waals surface area contributed by atoms with E-state index in [9.17, 15) is 9.18 Å². The van der Waals surface area contributed by atoms with Crippen LogP contribution in [0.5, 0.6) is 0 Å². The molecule has 0 atom stereocenters. The van der Waals surface area contributed by atoms with Gasteiger partial charge in [-0.1, -0.05) is 11.6 Å². The first-order chi connectivity index (χ1) is 9.54. The van der Waals surface area contributed by atoms with E-state index in [1.165, 1.54) is 36.0 Å². The maximum atomic E-state index is 12.7. The third-order valence-electron chi connectivity index (χ3n) is 2.47. The lowest BCUT2D eigenvalue weighted by Crippen LogP contribution is -2.13. The van der Waals surface area contributed by atoms with Crippen LogP contribution in [0.15, 0.2) is 47.4 Å². The SMILES string of the molecule is Nc1ccc(SCC(=O)Nc2ccc(F)cc2)cc1Cl. The largest absolute Gasteiger partial charge is 0.398 e. The predicted molar refractivity (Wildman–Crippen MR) is 81.6 cm³/mol. The van der Waals surface area contributed by atoms with E-state index >= 15 is 0 Å². The number of anilines is 2. The molecule has 1 amide bonds. The van der Waals surface area contributed by atoms with Gasteiger partial charge in [0.15, 0.2) is 0 Å². The average molecular weight is 311 g/mol. The molecule has 0 aliphatic rings. The molecule has 0 saturated heterocycles. The topological polar surface area (TPSA) is 55.1 Å². The van der Waals surface area contributed by atoms with E-state index in [0.717, 1.165) is 4.90 Å². The summed E-state index contributed by atoms with van der Waals surface area (Å²) in [5, 5.41) is 3.15. The second kappa shape index (κ2) is 6.63. The molecule has 104 valence electrons. The van der Waals surface area contributed by atoms with Gasteiger partial charge in [-0.2, -0.15) is 0 Å². The van der Waals surface area contributed by atoms with Crippen molar-refractivity contribution < 1.29 is 9.18 Å². The first-order valence-electron chi connectivity index (χ1n) is 5.78. The molecule has 0 aliphatic carbocycles. The molecular formula is C14H12ClFN2OS. The molecule has 3 nitrogen and oxygen atoms in total. The molecular weight excluding hydrogens is 299 g/mol. The van der Waals surface area contributed by atoms with Gasteiger partial charge in [-0.3, -0.25) is 4.79 Å². The fourth-order valence-electron chi connectivity index (χ4n) is 1.48. The second-order valence-electron chi connectivity index (χ2n) is 4.03. The van der Waals surface area contributed by atoms with Gasteiger partial charge in [-0.05, 0) is 42.5 Å². The lowest BCUT2D eigenvalue weighted by molar-refractivity contribution is -0.113. The monoisotopic (exact) mass is 310 g/mol. The van der Waals surface area contributed by atoms with Crippen LogP contribution in [0.2, 0.25) is 5.02 Å². The van der Waals surface area contributed by atoms with Crippen LogP contribution in [0.3, 0.4) is 0 Å². The highest BCUT2D eigenvalue weighted by molar-refractivity contribution is 8.00. The smallest absolute Gasteiger partial charge is 0.234 e. The van der Waals surface area contributed by atoms with E-state index in [1.807, 2.05) is 0 Å². The molecule has 0 heterocycles. The van der Waals surface area contributed by atoms with Crippen LogP contribution in [0, 0.1) is 5.82 Å². The summed E-state index contributed by atoms with van der Waals surface area (Å²) >= 11 is 7.25. The number of benzene rings is 2. The zero-order valence-electron chi connectivity index (χ0n) is 10.4. The fourth-order valence-corrected chi connectivity index (χ4v) is 2.46. The maximum absolute atomic E-state index is 12.7. The van der Waals surface area contributed by atoms with Gasteiger partial charge in [0, 0.05) is 10.6 Å². The Morgan fingerprint density at radius 2 is 1.95 bits per heavy atom. The summed E-state index contributed by atoms with van der Waals surface area (Å²) in [6, 6.07) is 10.8. The number of halogens is 2. The Balaban J connectivity index is 1.88. The van der Waals surface area contributed by atoms with Crippen LogP contribution in [0.4, 0.5) is 15.8 Å². The highest BCUT2D eigenvalue weighted by Gasteiger charge is 2.05. The van der Waals surface area contributed by atoms with Crippen molar-refractivity contribution in [2.75, 3.05) is 16.8 Å². The van der Waals surface area contributed by atoms with Gasteiger partial charge in [0.1, 0.15) is 5.82 Å². The molecule has 2 aromatic carbocycles. The van der Waals surface area contributed by atoms with Gasteiger partial charge < -0.3 is 11.1 Å². The third kappa shape index (κ3) is 4.15. The molecule has 6 heteroatoms. The number of nitrogens with one attached hydrogen (secondary N) is 1. The van der Waals surface area contributed by atoms with Crippen LogP contribution in [-0.4, -0.2) is 11.7 Å². The van der Waals surface area contributed by atoms with Gasteiger partial charge in [-0.15, -0.1) is 11.8 Å². The first-order valence-corrected chi connectivity index (χ1v) is 7.14. The fraction of sp³-hybridized carbons (Fsp3) is 0.0714. The number of thioether (sulfide) groups is 1. The minimum absolute atomic E-state index is 0.172. The minimum Gasteiger partial charge on any atom is -0.398 e. The Morgan fingerprint density at radius 3 is 2.60 bits per heavy atom. The number of carbonyl (C=O) groups is 1. The van der Waals surface area contributed by atoms with Crippen LogP contribution in [0.1, 0.15) is 0 Å². The summed E-state index contributed by atoms with van der Waals surface area (Å²) in [6.07, 6.45) is 0. The van der Waals surface area contributed by atoms with Crippen LogP contribution in [0.25, 0.3) is 0 Å². The summed E-state index contributed by atoms with van der Waals surface area (Å²) in [4.78, 5) is 12.6. The molecule has 3 N–H and O–H groups in total. The Bertz CT molecular complexity index is 619. The van der Waals surface area contributed by atoms with Crippen molar-refractivity contribution in [3.63, 3.8) is 0 Å². The lowest BCUT2D eigenvalue weighted by Gasteiger charge is -2.06. The second-order valence-corrected chi connectivity index (χ2v) is 5.48. The number of hydrogen-bond donors (Lipinski definition) is 2. The minimum atomic E-state index is -0.339. The summed E-state index contributed by atoms with van der Waals surface area (Å²) in [6.45, 7) is 0. The van der Waals surface area contributed by atoms with Crippen LogP contribution < -0.4 is 11.1 Å². The predicted octanol–water partition coefficient (Wildman–Crippen LogP) is 3.79. The van der Waals surface area contributed by atoms with Crippen molar-refractivity contribution in [2.24, 2.45) is 0 Å². The molecule has 0 unspecified atom stereocenters. The first kappa shape index (κ1) is 14.7. The van der Waals surface area contributed by atoms with Crippen LogP contribution in [-0.2, 0) is 4.79 Å². The molecule has 0 spiro atoms. The molecule has 0 bridgehead atoms. The number of rotatable bonds is 4. The highest BCUT2D eigenvalue weighted by Crippen LogP contribution is 2.26. The van der Waals surface area contributed by atoms with Gasteiger partial charge in [0.25, 0.3) is 0 Å². The number of carbonyl (C=O) groups excluding carboxylic acids is 1. The summed E-state index contributed by atoms with van der Waals surface area (Å²) in [7, 11) is 0. The van der Waals surface area contributed by atoms with Crippen molar-refractivity contribution in [3.8, 4) is 0 Å². The molecule has 0 fully saturated rings. The van der Waals surface area contributed by atoms with Crippen molar-refractivity contribution in [2.45, 2.75) is 4.90 Å². The normalized spacial score (nSPS) is 10.3. The Morgan fingerprint density at radius 1 is 1.25 bits per heavy atom. The summed E-state index contributed by atoms with van der Waals surface area (Å²) < 4.78 is 12.7. The van der Waals surface area contributed by atoms with Gasteiger partial charge in [-0.25, -0.2) is 4.39 Å². The van der Waals surface area contributed by atoms with E-state index in [1.54, 1.807) is 18.2 Å². The van der Waals surface area contributed by atoms with Crippen molar-refractivity contribution in [3.05, 3.63) is 53.3 Å². The number of nitrogen functional groups attached to an aromatic ring is 1. The van der Waals surface area contributed by atoms with E-state index in [4.69, 9.17) is 17.3 Å². The summed E-state index contributed by atoms with van der Waals surface area (Å²) in [5.41, 5.74) is 6.68. The van der Waals surface area contributed by atoms with Crippen molar-refractivity contribution in [1.29, 1.82) is 0 Å². The number of amides is 1. The van der Waals surface area contributed by atoms with Crippen molar-refractivity contribution >= 4 is 40.6 Å². The Labute approximate surface area is 125 Å². The molecule has 0 aliphatic heterocycles. The van der Waals surface area contributed by atoms with Crippen LogP contribution >= 0.6 is 23.4 Å². The van der Waals surface area contributed by atoms with E-state index in [2.05, 4.69) is 5.32 Å². The molecule has 2 rings (SSSR count). The number of nitrogens with two attached hydrogens (primary N) is 1. The Hall–Kier alpha value is -1.72. The maximum Gasteiger partial charge on any atom is 0.234 e. The van der Waals surface area contributed by atoms with E-state index in [-0.39, 0.29) is 17.5 Å². The molecule has 2 aromatic rings. The van der Waals surface area contributed by atoms with E-state index in [0.29, 0.717) is 16.4 Å². The number of hydrogen-bond acceptors (Lipinski definition) is 3. The third-order valence-corrected chi connectivity index (χ3v) is 3.79. The van der Waals surface area contributed by atoms with Gasteiger partial charge in [0.2, 0.25) is 5.91 Å². The average Bonchev–Trinajstić information content (AvgIpc) is 2.43. The molecule has 0 saturated carbocycles. The Kier molecular flexibility index (Phi) is 4.87. The molecule has 20 heavy (non-hydrogen) atoms. The van der Waals surface area contributed by atoms with E-state index < -0.39 is 0 Å². The lowest BCUT2D eigenvalue weighted by atomic mass is 10.3. The molecule has 0 radical (unpaired) electrons. The van der Waals surface area contributed by atoms with Gasteiger partial charge >= 0.3 is 0 Å². The van der Waals surface area contributed by atoms with Crippen molar-refractivity contribution in [1.82, 2.24) is 0 Å². The summed E-state index contributed by atoms with van der Waals surface area (Å²) in [5.74, 6) is -0.277.